The molecule has 2 atom stereocenters. The zero-order chi connectivity index (χ0) is 11.6. The molecule has 16 heavy (non-hydrogen) atoms. The van der Waals surface area contributed by atoms with Crippen LogP contribution < -0.4 is 5.32 Å². The fraction of sp³-hybridized carbons (Fsp3) is 0.667. The standard InChI is InChI=1S/C12H19NO2S/c1-9-3-4-11(16-9)10(2)13-7-12(14)5-6-15-8-12/h3-4,10,13-14H,5-8H2,1-2H3/t10-,12+/m0/s1. The lowest BCUT2D eigenvalue weighted by molar-refractivity contribution is 0.0252. The second kappa shape index (κ2) is 4.84. The molecular weight excluding hydrogens is 222 g/mol. The molecule has 2 rings (SSSR count). The summed E-state index contributed by atoms with van der Waals surface area (Å²) in [5.41, 5.74) is -0.666. The molecule has 0 bridgehead atoms. The van der Waals surface area contributed by atoms with Crippen molar-refractivity contribution in [1.82, 2.24) is 5.32 Å². The van der Waals surface area contributed by atoms with Crippen LogP contribution in [0.1, 0.15) is 29.1 Å². The Balaban J connectivity index is 1.86. The number of hydrogen-bond donors (Lipinski definition) is 2. The Morgan fingerprint density at radius 1 is 1.62 bits per heavy atom. The van der Waals surface area contributed by atoms with Gasteiger partial charge in [-0.25, -0.2) is 0 Å². The van der Waals surface area contributed by atoms with Crippen LogP contribution in [0.2, 0.25) is 0 Å². The van der Waals surface area contributed by atoms with E-state index in [4.69, 9.17) is 4.74 Å². The van der Waals surface area contributed by atoms with Gasteiger partial charge in [0, 0.05) is 35.4 Å². The zero-order valence-corrected chi connectivity index (χ0v) is 10.6. The molecule has 0 radical (unpaired) electrons. The van der Waals surface area contributed by atoms with Crippen LogP contribution in [0.25, 0.3) is 0 Å². The van der Waals surface area contributed by atoms with Crippen LogP contribution in [-0.4, -0.2) is 30.5 Å². The predicted octanol–water partition coefficient (Wildman–Crippen LogP) is 1.86. The van der Waals surface area contributed by atoms with Crippen LogP contribution in [0.3, 0.4) is 0 Å². The molecule has 90 valence electrons. The Morgan fingerprint density at radius 3 is 3.00 bits per heavy atom. The summed E-state index contributed by atoms with van der Waals surface area (Å²) in [6.45, 7) is 5.97. The van der Waals surface area contributed by atoms with Crippen molar-refractivity contribution in [2.24, 2.45) is 0 Å². The van der Waals surface area contributed by atoms with Gasteiger partial charge in [0.2, 0.25) is 0 Å². The number of aryl methyl sites for hydroxylation is 1. The molecule has 1 aromatic rings. The second-order valence-electron chi connectivity index (χ2n) is 4.58. The largest absolute Gasteiger partial charge is 0.386 e. The van der Waals surface area contributed by atoms with Crippen LogP contribution in [0.15, 0.2) is 12.1 Å². The highest BCUT2D eigenvalue weighted by Gasteiger charge is 2.32. The minimum absolute atomic E-state index is 0.295. The molecule has 2 heterocycles. The molecule has 3 nitrogen and oxygen atoms in total. The first-order valence-corrected chi connectivity index (χ1v) is 6.51. The molecular formula is C12H19NO2S. The smallest absolute Gasteiger partial charge is 0.103 e. The molecule has 1 aliphatic rings. The Kier molecular flexibility index (Phi) is 3.64. The van der Waals surface area contributed by atoms with Crippen molar-refractivity contribution in [3.8, 4) is 0 Å². The minimum atomic E-state index is -0.666. The maximum Gasteiger partial charge on any atom is 0.103 e. The highest BCUT2D eigenvalue weighted by atomic mass is 32.1. The molecule has 1 aliphatic heterocycles. The molecule has 0 unspecified atom stereocenters. The second-order valence-corrected chi connectivity index (χ2v) is 5.90. The summed E-state index contributed by atoms with van der Waals surface area (Å²) < 4.78 is 5.21. The van der Waals surface area contributed by atoms with E-state index in [1.165, 1.54) is 9.75 Å². The lowest BCUT2D eigenvalue weighted by Crippen LogP contribution is -2.41. The molecule has 2 N–H and O–H groups in total. The maximum atomic E-state index is 10.1. The van der Waals surface area contributed by atoms with E-state index in [1.54, 1.807) is 11.3 Å². The summed E-state index contributed by atoms with van der Waals surface area (Å²) in [7, 11) is 0. The highest BCUT2D eigenvalue weighted by Crippen LogP contribution is 2.24. The van der Waals surface area contributed by atoms with Gasteiger partial charge in [-0.05, 0) is 26.0 Å². The Hall–Kier alpha value is -0.420. The Morgan fingerprint density at radius 2 is 2.44 bits per heavy atom. The topological polar surface area (TPSA) is 41.5 Å². The zero-order valence-electron chi connectivity index (χ0n) is 9.82. The van der Waals surface area contributed by atoms with Gasteiger partial charge in [0.25, 0.3) is 0 Å². The molecule has 0 aromatic carbocycles. The van der Waals surface area contributed by atoms with E-state index >= 15 is 0 Å². The normalized spacial score (nSPS) is 27.2. The van der Waals surface area contributed by atoms with E-state index in [2.05, 4.69) is 31.3 Å². The van der Waals surface area contributed by atoms with Gasteiger partial charge >= 0.3 is 0 Å². The fourth-order valence-corrected chi connectivity index (χ4v) is 2.77. The molecule has 4 heteroatoms. The molecule has 1 saturated heterocycles. The third-order valence-corrected chi connectivity index (χ3v) is 4.19. The first-order valence-electron chi connectivity index (χ1n) is 5.69. The summed E-state index contributed by atoms with van der Waals surface area (Å²) in [5.74, 6) is 0. The third-order valence-electron chi connectivity index (χ3n) is 3.01. The fourth-order valence-electron chi connectivity index (χ4n) is 1.87. The number of rotatable bonds is 4. The minimum Gasteiger partial charge on any atom is -0.386 e. The van der Waals surface area contributed by atoms with Gasteiger partial charge in [-0.3, -0.25) is 0 Å². The van der Waals surface area contributed by atoms with Gasteiger partial charge in [-0.15, -0.1) is 11.3 Å². The number of thiophene rings is 1. The number of hydrogen-bond acceptors (Lipinski definition) is 4. The first-order chi connectivity index (χ1) is 7.59. The van der Waals surface area contributed by atoms with Crippen molar-refractivity contribution in [1.29, 1.82) is 0 Å². The van der Waals surface area contributed by atoms with Crippen LogP contribution >= 0.6 is 11.3 Å². The van der Waals surface area contributed by atoms with Gasteiger partial charge < -0.3 is 15.2 Å². The Bertz CT molecular complexity index is 345. The summed E-state index contributed by atoms with van der Waals surface area (Å²) in [6, 6.07) is 4.57. The average molecular weight is 241 g/mol. The van der Waals surface area contributed by atoms with Crippen molar-refractivity contribution in [3.63, 3.8) is 0 Å². The van der Waals surface area contributed by atoms with Crippen LogP contribution in [0.4, 0.5) is 0 Å². The summed E-state index contributed by atoms with van der Waals surface area (Å²) >= 11 is 1.80. The molecule has 0 aliphatic carbocycles. The van der Waals surface area contributed by atoms with E-state index in [0.29, 0.717) is 25.8 Å². The van der Waals surface area contributed by atoms with E-state index < -0.39 is 5.60 Å². The first kappa shape index (κ1) is 12.0. The summed E-state index contributed by atoms with van der Waals surface area (Å²) in [4.78, 5) is 2.64. The SMILES string of the molecule is Cc1ccc([C@H](C)NC[C@]2(O)CCOC2)s1. The molecule has 1 fully saturated rings. The lowest BCUT2D eigenvalue weighted by Gasteiger charge is -2.23. The van der Waals surface area contributed by atoms with E-state index in [9.17, 15) is 5.11 Å². The van der Waals surface area contributed by atoms with Crippen molar-refractivity contribution >= 4 is 11.3 Å². The quantitative estimate of drug-likeness (QED) is 0.845. The molecule has 0 amide bonds. The molecule has 0 saturated carbocycles. The van der Waals surface area contributed by atoms with E-state index in [-0.39, 0.29) is 0 Å². The number of nitrogens with one attached hydrogen (secondary N) is 1. The van der Waals surface area contributed by atoms with Gasteiger partial charge in [-0.1, -0.05) is 0 Å². The van der Waals surface area contributed by atoms with Crippen LogP contribution in [-0.2, 0) is 4.74 Å². The monoisotopic (exact) mass is 241 g/mol. The van der Waals surface area contributed by atoms with Crippen molar-refractivity contribution in [3.05, 3.63) is 21.9 Å². The van der Waals surface area contributed by atoms with Crippen LogP contribution in [0, 0.1) is 6.92 Å². The van der Waals surface area contributed by atoms with Gasteiger partial charge in [0.1, 0.15) is 5.60 Å². The van der Waals surface area contributed by atoms with Gasteiger partial charge in [0.15, 0.2) is 0 Å². The van der Waals surface area contributed by atoms with E-state index in [1.807, 2.05) is 0 Å². The maximum absolute atomic E-state index is 10.1. The number of ether oxygens (including phenoxy) is 1. The van der Waals surface area contributed by atoms with E-state index in [0.717, 1.165) is 6.42 Å². The van der Waals surface area contributed by atoms with Crippen molar-refractivity contribution in [2.45, 2.75) is 31.9 Å². The van der Waals surface area contributed by atoms with Gasteiger partial charge in [0.05, 0.1) is 6.61 Å². The third kappa shape index (κ3) is 2.83. The summed E-state index contributed by atoms with van der Waals surface area (Å²) in [6.07, 6.45) is 0.732. The number of aliphatic hydroxyl groups is 1. The highest BCUT2D eigenvalue weighted by molar-refractivity contribution is 7.12. The molecule has 0 spiro atoms. The van der Waals surface area contributed by atoms with Crippen molar-refractivity contribution < 1.29 is 9.84 Å². The van der Waals surface area contributed by atoms with Crippen LogP contribution in [0.5, 0.6) is 0 Å². The molecule has 1 aromatic heterocycles. The average Bonchev–Trinajstić information content (AvgIpc) is 2.85. The Labute approximate surface area is 100 Å². The van der Waals surface area contributed by atoms with Crippen molar-refractivity contribution in [2.75, 3.05) is 19.8 Å². The van der Waals surface area contributed by atoms with Gasteiger partial charge in [-0.2, -0.15) is 0 Å². The lowest BCUT2D eigenvalue weighted by atomic mass is 10.0. The predicted molar refractivity (Wildman–Crippen MR) is 65.9 cm³/mol. The summed E-state index contributed by atoms with van der Waals surface area (Å²) in [5, 5.41) is 13.5.